The van der Waals surface area contributed by atoms with E-state index in [1.54, 1.807) is 19.1 Å². The molecule has 8 nitrogen and oxygen atoms in total. The second-order valence-electron chi connectivity index (χ2n) is 5.52. The Labute approximate surface area is 159 Å². The number of amides is 1. The molecule has 1 aromatic carbocycles. The molecule has 2 heterocycles. The van der Waals surface area contributed by atoms with Gasteiger partial charge >= 0.3 is 6.09 Å². The van der Waals surface area contributed by atoms with Gasteiger partial charge in [0, 0.05) is 29.7 Å². The van der Waals surface area contributed by atoms with E-state index in [2.05, 4.69) is 15.3 Å². The van der Waals surface area contributed by atoms with Crippen molar-refractivity contribution in [2.24, 2.45) is 0 Å². The third-order valence-corrected chi connectivity index (χ3v) is 3.93. The molecule has 1 amide bonds. The van der Waals surface area contributed by atoms with Crippen LogP contribution in [0, 0.1) is 0 Å². The third kappa shape index (κ3) is 3.52. The highest BCUT2D eigenvalue weighted by molar-refractivity contribution is 6.32. The van der Waals surface area contributed by atoms with Crippen LogP contribution in [0.4, 0.5) is 10.5 Å². The van der Waals surface area contributed by atoms with Crippen LogP contribution in [-0.2, 0) is 9.53 Å². The van der Waals surface area contributed by atoms with Crippen LogP contribution in [0.1, 0.15) is 30.0 Å². The Morgan fingerprint density at radius 2 is 2.04 bits per heavy atom. The van der Waals surface area contributed by atoms with Gasteiger partial charge in [-0.15, -0.1) is 0 Å². The normalized spacial score (nSPS) is 10.6. The maximum atomic E-state index is 13.1. The highest BCUT2D eigenvalue weighted by Gasteiger charge is 2.29. The zero-order valence-electron chi connectivity index (χ0n) is 14.5. The summed E-state index contributed by atoms with van der Waals surface area (Å²) in [7, 11) is 0. The topological polar surface area (TPSA) is 103 Å². The van der Waals surface area contributed by atoms with Crippen LogP contribution in [0.15, 0.2) is 36.8 Å². The Morgan fingerprint density at radius 3 is 2.67 bits per heavy atom. The smallest absolute Gasteiger partial charge is 0.419 e. The number of benzene rings is 1. The molecule has 0 aliphatic rings. The largest absolute Gasteiger partial charge is 0.449 e. The van der Waals surface area contributed by atoms with Crippen molar-refractivity contribution in [1.29, 1.82) is 0 Å². The lowest BCUT2D eigenvalue weighted by Gasteiger charge is -2.10. The fourth-order valence-electron chi connectivity index (χ4n) is 2.69. The SMILES string of the molecule is CCOC(=O)n1c(C(=O)c2cnccn2)c(NC(C)=O)c2ccc(Cl)cc21. The summed E-state index contributed by atoms with van der Waals surface area (Å²) in [4.78, 5) is 45.4. The van der Waals surface area contributed by atoms with E-state index in [0.29, 0.717) is 15.9 Å². The van der Waals surface area contributed by atoms with Crippen molar-refractivity contribution in [1.82, 2.24) is 14.5 Å². The number of ketones is 1. The van der Waals surface area contributed by atoms with E-state index in [0.717, 1.165) is 4.57 Å². The summed E-state index contributed by atoms with van der Waals surface area (Å²) in [5.41, 5.74) is 0.444. The number of carbonyl (C=O) groups is 3. The number of rotatable bonds is 4. The van der Waals surface area contributed by atoms with Gasteiger partial charge in [-0.05, 0) is 25.1 Å². The number of halogens is 1. The van der Waals surface area contributed by atoms with Crippen molar-refractivity contribution >= 4 is 46.0 Å². The molecule has 0 spiro atoms. The number of hydrogen-bond donors (Lipinski definition) is 1. The standard InChI is InChI=1S/C18H15ClN4O4/c1-3-27-18(26)23-14-8-11(19)4-5-12(14)15(22-10(2)24)16(23)17(25)13-9-20-6-7-21-13/h4-9H,3H2,1-2H3,(H,22,24). The fourth-order valence-corrected chi connectivity index (χ4v) is 2.86. The monoisotopic (exact) mass is 386 g/mol. The number of anilines is 1. The first kappa shape index (κ1) is 18.5. The molecule has 3 rings (SSSR count). The van der Waals surface area contributed by atoms with E-state index in [9.17, 15) is 14.4 Å². The molecular formula is C18H15ClN4O4. The van der Waals surface area contributed by atoms with Gasteiger partial charge in [0.15, 0.2) is 0 Å². The number of aromatic nitrogens is 3. The first-order chi connectivity index (χ1) is 12.9. The van der Waals surface area contributed by atoms with Gasteiger partial charge in [-0.2, -0.15) is 0 Å². The van der Waals surface area contributed by atoms with Gasteiger partial charge in [0.05, 0.1) is 24.0 Å². The van der Waals surface area contributed by atoms with Gasteiger partial charge in [0.25, 0.3) is 0 Å². The van der Waals surface area contributed by atoms with Crippen molar-refractivity contribution in [3.05, 3.63) is 53.2 Å². The molecule has 0 bridgehead atoms. The number of fused-ring (bicyclic) bond motifs is 1. The number of hydrogen-bond acceptors (Lipinski definition) is 6. The first-order valence-electron chi connectivity index (χ1n) is 8.03. The lowest BCUT2D eigenvalue weighted by molar-refractivity contribution is -0.114. The molecule has 1 N–H and O–H groups in total. The summed E-state index contributed by atoms with van der Waals surface area (Å²) in [5, 5.41) is 3.45. The van der Waals surface area contributed by atoms with E-state index >= 15 is 0 Å². The quantitative estimate of drug-likeness (QED) is 0.690. The summed E-state index contributed by atoms with van der Waals surface area (Å²) < 4.78 is 6.19. The second-order valence-corrected chi connectivity index (χ2v) is 5.96. The van der Waals surface area contributed by atoms with Gasteiger partial charge in [0.1, 0.15) is 11.4 Å². The lowest BCUT2D eigenvalue weighted by atomic mass is 10.1. The maximum Gasteiger partial charge on any atom is 0.419 e. The van der Waals surface area contributed by atoms with Crippen LogP contribution >= 0.6 is 11.6 Å². The van der Waals surface area contributed by atoms with Crippen molar-refractivity contribution in [3.63, 3.8) is 0 Å². The minimum Gasteiger partial charge on any atom is -0.449 e. The Bertz CT molecular complexity index is 1050. The lowest BCUT2D eigenvalue weighted by Crippen LogP contribution is -2.21. The van der Waals surface area contributed by atoms with Crippen LogP contribution in [0.3, 0.4) is 0 Å². The molecule has 3 aromatic rings. The maximum absolute atomic E-state index is 13.1. The van der Waals surface area contributed by atoms with Gasteiger partial charge in [-0.3, -0.25) is 14.6 Å². The van der Waals surface area contributed by atoms with Crippen molar-refractivity contribution in [2.75, 3.05) is 11.9 Å². The van der Waals surface area contributed by atoms with Crippen LogP contribution in [0.2, 0.25) is 5.02 Å². The first-order valence-corrected chi connectivity index (χ1v) is 8.41. The molecule has 9 heteroatoms. The summed E-state index contributed by atoms with van der Waals surface area (Å²) in [6.45, 7) is 3.06. The molecule has 138 valence electrons. The van der Waals surface area contributed by atoms with Gasteiger partial charge < -0.3 is 10.1 Å². The zero-order chi connectivity index (χ0) is 19.6. The van der Waals surface area contributed by atoms with E-state index in [-0.39, 0.29) is 23.7 Å². The van der Waals surface area contributed by atoms with Gasteiger partial charge in [0.2, 0.25) is 11.7 Å². The minimum atomic E-state index is -0.770. The average Bonchev–Trinajstić information content (AvgIpc) is 2.94. The molecule has 0 aliphatic heterocycles. The van der Waals surface area contributed by atoms with Crippen molar-refractivity contribution in [2.45, 2.75) is 13.8 Å². The Hall–Kier alpha value is -3.26. The highest BCUT2D eigenvalue weighted by Crippen LogP contribution is 2.34. The van der Waals surface area contributed by atoms with Crippen LogP contribution in [0.25, 0.3) is 10.9 Å². The van der Waals surface area contributed by atoms with Crippen LogP contribution in [0.5, 0.6) is 0 Å². The molecule has 0 fully saturated rings. The van der Waals surface area contributed by atoms with Crippen LogP contribution in [-0.4, -0.2) is 38.9 Å². The van der Waals surface area contributed by atoms with Crippen LogP contribution < -0.4 is 5.32 Å². The Kier molecular flexibility index (Phi) is 5.18. The van der Waals surface area contributed by atoms with E-state index in [1.807, 2.05) is 0 Å². The molecule has 0 aliphatic carbocycles. The molecule has 0 radical (unpaired) electrons. The zero-order valence-corrected chi connectivity index (χ0v) is 15.3. The fraction of sp³-hybridized carbons (Fsp3) is 0.167. The summed E-state index contributed by atoms with van der Waals surface area (Å²) in [6.07, 6.45) is 3.29. The molecule has 2 aromatic heterocycles. The minimum absolute atomic E-state index is 0.0172. The number of carbonyl (C=O) groups excluding carboxylic acids is 3. The third-order valence-electron chi connectivity index (χ3n) is 3.69. The molecular weight excluding hydrogens is 372 g/mol. The Morgan fingerprint density at radius 1 is 1.26 bits per heavy atom. The summed E-state index contributed by atoms with van der Waals surface area (Å²) in [5.74, 6) is -0.992. The summed E-state index contributed by atoms with van der Waals surface area (Å²) in [6, 6.07) is 4.74. The predicted octanol–water partition coefficient (Wildman–Crippen LogP) is 3.28. The number of nitrogens with one attached hydrogen (secondary N) is 1. The molecule has 0 unspecified atom stereocenters. The molecule has 0 atom stereocenters. The number of nitrogens with zero attached hydrogens (tertiary/aromatic N) is 3. The Balaban J connectivity index is 2.36. The van der Waals surface area contributed by atoms with Gasteiger partial charge in [-0.25, -0.2) is 14.3 Å². The van der Waals surface area contributed by atoms with Crippen molar-refractivity contribution < 1.29 is 19.1 Å². The summed E-state index contributed by atoms with van der Waals surface area (Å²) >= 11 is 6.08. The van der Waals surface area contributed by atoms with E-state index < -0.39 is 17.8 Å². The second kappa shape index (κ2) is 7.55. The number of ether oxygens (including phenoxy) is 1. The predicted molar refractivity (Wildman–Crippen MR) is 99.1 cm³/mol. The molecule has 0 saturated heterocycles. The van der Waals surface area contributed by atoms with Crippen molar-refractivity contribution in [3.8, 4) is 0 Å². The van der Waals surface area contributed by atoms with Gasteiger partial charge in [-0.1, -0.05) is 11.6 Å². The highest BCUT2D eigenvalue weighted by atomic mass is 35.5. The van der Waals surface area contributed by atoms with E-state index in [1.165, 1.54) is 31.6 Å². The average molecular weight is 387 g/mol. The van der Waals surface area contributed by atoms with E-state index in [4.69, 9.17) is 16.3 Å². The molecule has 0 saturated carbocycles. The molecule has 27 heavy (non-hydrogen) atoms.